The van der Waals surface area contributed by atoms with Crippen molar-refractivity contribution >= 4 is 11.9 Å². The van der Waals surface area contributed by atoms with E-state index in [1.54, 1.807) is 4.68 Å². The van der Waals surface area contributed by atoms with Gasteiger partial charge in [-0.2, -0.15) is 4.68 Å². The number of nitrogens with zero attached hydrogens (tertiary/aromatic N) is 4. The van der Waals surface area contributed by atoms with Crippen molar-refractivity contribution in [2.75, 3.05) is 11.9 Å². The number of carbonyl (C=O) groups is 1. The van der Waals surface area contributed by atoms with E-state index >= 15 is 0 Å². The molecule has 7 heteroatoms. The Morgan fingerprint density at radius 3 is 2.72 bits per heavy atom. The molecule has 0 saturated heterocycles. The molecule has 0 radical (unpaired) electrons. The molecule has 0 amide bonds. The number of hydrogen-bond acceptors (Lipinski definition) is 6. The summed E-state index contributed by atoms with van der Waals surface area (Å²) in [5, 5.41) is 14.9. The van der Waals surface area contributed by atoms with E-state index in [0.29, 0.717) is 23.8 Å². The number of fused-ring (bicyclic) bond motifs is 1. The van der Waals surface area contributed by atoms with Crippen molar-refractivity contribution in [3.05, 3.63) is 46.7 Å². The Kier molecular flexibility index (Phi) is 5.11. The zero-order chi connectivity index (χ0) is 17.8. The topological polar surface area (TPSA) is 81.9 Å². The molecule has 2 aromatic rings. The second kappa shape index (κ2) is 7.46. The zero-order valence-corrected chi connectivity index (χ0v) is 14.8. The molecule has 0 unspecified atom stereocenters. The molecule has 0 saturated carbocycles. The number of aromatic nitrogens is 4. The third kappa shape index (κ3) is 3.55. The lowest BCUT2D eigenvalue weighted by atomic mass is 9.95. The van der Waals surface area contributed by atoms with Crippen LogP contribution in [0.3, 0.4) is 0 Å². The van der Waals surface area contributed by atoms with E-state index in [2.05, 4.69) is 27.8 Å². The summed E-state index contributed by atoms with van der Waals surface area (Å²) in [5.41, 5.74) is 3.35. The van der Waals surface area contributed by atoms with E-state index in [1.807, 2.05) is 38.1 Å². The van der Waals surface area contributed by atoms with E-state index in [9.17, 15) is 4.79 Å². The van der Waals surface area contributed by atoms with Crippen LogP contribution in [-0.4, -0.2) is 32.8 Å². The van der Waals surface area contributed by atoms with Gasteiger partial charge < -0.3 is 10.1 Å². The van der Waals surface area contributed by atoms with Crippen LogP contribution in [0.25, 0.3) is 0 Å². The average molecular weight is 341 g/mol. The first kappa shape index (κ1) is 17.1. The van der Waals surface area contributed by atoms with Crippen LogP contribution in [0.2, 0.25) is 0 Å². The van der Waals surface area contributed by atoms with Gasteiger partial charge in [0.15, 0.2) is 0 Å². The third-order valence-electron chi connectivity index (χ3n) is 4.31. The number of hydrogen-bond donors (Lipinski definition) is 1. The van der Waals surface area contributed by atoms with Gasteiger partial charge in [0, 0.05) is 5.70 Å². The van der Waals surface area contributed by atoms with Gasteiger partial charge in [-0.25, -0.2) is 4.79 Å². The first-order valence-corrected chi connectivity index (χ1v) is 8.61. The summed E-state index contributed by atoms with van der Waals surface area (Å²) in [6.45, 7) is 6.42. The Morgan fingerprint density at radius 2 is 2.00 bits per heavy atom. The predicted molar refractivity (Wildman–Crippen MR) is 93.9 cm³/mol. The lowest BCUT2D eigenvalue weighted by Crippen LogP contribution is -2.29. The van der Waals surface area contributed by atoms with Crippen molar-refractivity contribution in [1.82, 2.24) is 20.2 Å². The van der Waals surface area contributed by atoms with Crippen LogP contribution in [-0.2, 0) is 9.53 Å². The summed E-state index contributed by atoms with van der Waals surface area (Å²) in [6, 6.07) is 7.62. The summed E-state index contributed by atoms with van der Waals surface area (Å²) in [5.74, 6) is 0.193. The maximum Gasteiger partial charge on any atom is 0.338 e. The summed E-state index contributed by atoms with van der Waals surface area (Å²) < 4.78 is 7.13. The van der Waals surface area contributed by atoms with E-state index in [-0.39, 0.29) is 5.97 Å². The number of rotatable bonds is 6. The Morgan fingerprint density at radius 1 is 1.24 bits per heavy atom. The maximum atomic E-state index is 12.8. The van der Waals surface area contributed by atoms with Crippen molar-refractivity contribution in [3.8, 4) is 0 Å². The van der Waals surface area contributed by atoms with Crippen molar-refractivity contribution in [1.29, 1.82) is 0 Å². The molecular formula is C18H23N5O2. The third-order valence-corrected chi connectivity index (χ3v) is 4.31. The van der Waals surface area contributed by atoms with Gasteiger partial charge in [-0.3, -0.25) is 0 Å². The molecule has 0 fully saturated rings. The number of benzene rings is 1. The van der Waals surface area contributed by atoms with Crippen LogP contribution in [0.5, 0.6) is 0 Å². The highest BCUT2D eigenvalue weighted by atomic mass is 16.5. The number of anilines is 1. The van der Waals surface area contributed by atoms with Gasteiger partial charge in [-0.15, -0.1) is 0 Å². The van der Waals surface area contributed by atoms with Crippen LogP contribution >= 0.6 is 0 Å². The molecule has 1 aliphatic heterocycles. The number of ether oxygens (including phenoxy) is 1. The number of carbonyl (C=O) groups excluding carboxylic acids is 1. The lowest BCUT2D eigenvalue weighted by molar-refractivity contribution is -0.139. The van der Waals surface area contributed by atoms with Crippen molar-refractivity contribution < 1.29 is 9.53 Å². The number of allylic oxidation sites excluding steroid dienone is 1. The molecule has 0 aliphatic carbocycles. The first-order valence-electron chi connectivity index (χ1n) is 8.61. The molecule has 25 heavy (non-hydrogen) atoms. The van der Waals surface area contributed by atoms with Crippen molar-refractivity contribution in [2.24, 2.45) is 0 Å². The highest BCUT2D eigenvalue weighted by Gasteiger charge is 2.34. The molecule has 2 heterocycles. The summed E-state index contributed by atoms with van der Waals surface area (Å²) in [4.78, 5) is 12.8. The fourth-order valence-electron chi connectivity index (χ4n) is 2.93. The molecule has 1 aromatic heterocycles. The molecular weight excluding hydrogens is 318 g/mol. The van der Waals surface area contributed by atoms with Crippen LogP contribution in [0, 0.1) is 6.92 Å². The van der Waals surface area contributed by atoms with Gasteiger partial charge >= 0.3 is 5.97 Å². The molecule has 1 N–H and O–H groups in total. The molecule has 0 spiro atoms. The second-order valence-corrected chi connectivity index (χ2v) is 6.27. The minimum Gasteiger partial charge on any atom is -0.462 e. The minimum absolute atomic E-state index is 0.326. The van der Waals surface area contributed by atoms with Crippen molar-refractivity contribution in [2.45, 2.75) is 46.1 Å². The predicted octanol–water partition coefficient (Wildman–Crippen LogP) is 3.00. The van der Waals surface area contributed by atoms with Crippen molar-refractivity contribution in [3.63, 3.8) is 0 Å². The SMILES string of the molecule is CCCCCOC(=O)C1=C(C)Nc2nnnn2[C@@H]1c1ccc(C)cc1. The highest BCUT2D eigenvalue weighted by molar-refractivity contribution is 5.92. The van der Waals surface area contributed by atoms with Crippen LogP contribution in [0.1, 0.15) is 50.3 Å². The average Bonchev–Trinajstić information content (AvgIpc) is 3.06. The smallest absolute Gasteiger partial charge is 0.338 e. The van der Waals surface area contributed by atoms with Gasteiger partial charge in [0.25, 0.3) is 0 Å². The molecule has 1 atom stereocenters. The molecule has 132 valence electrons. The molecule has 7 nitrogen and oxygen atoms in total. The number of nitrogens with one attached hydrogen (secondary N) is 1. The number of aryl methyl sites for hydroxylation is 1. The minimum atomic E-state index is -0.398. The van der Waals surface area contributed by atoms with Crippen LogP contribution in [0.4, 0.5) is 5.95 Å². The normalized spacial score (nSPS) is 16.4. The van der Waals surface area contributed by atoms with E-state index in [4.69, 9.17) is 4.74 Å². The van der Waals surface area contributed by atoms with E-state index < -0.39 is 6.04 Å². The maximum absolute atomic E-state index is 12.8. The fourth-order valence-corrected chi connectivity index (χ4v) is 2.93. The number of tetrazole rings is 1. The summed E-state index contributed by atoms with van der Waals surface area (Å²) in [7, 11) is 0. The zero-order valence-electron chi connectivity index (χ0n) is 14.8. The highest BCUT2D eigenvalue weighted by Crippen LogP contribution is 2.34. The first-order chi connectivity index (χ1) is 12.1. The van der Waals surface area contributed by atoms with Gasteiger partial charge in [0.05, 0.1) is 12.2 Å². The van der Waals surface area contributed by atoms with Gasteiger partial charge in [0.2, 0.25) is 5.95 Å². The quantitative estimate of drug-likeness (QED) is 0.642. The van der Waals surface area contributed by atoms with Crippen LogP contribution in [0.15, 0.2) is 35.5 Å². The van der Waals surface area contributed by atoms with Gasteiger partial charge in [-0.05, 0) is 36.3 Å². The van der Waals surface area contributed by atoms with E-state index in [1.165, 1.54) is 0 Å². The molecule has 3 rings (SSSR count). The summed E-state index contributed by atoms with van der Waals surface area (Å²) >= 11 is 0. The fraction of sp³-hybridized carbons (Fsp3) is 0.444. The Hall–Kier alpha value is -2.70. The standard InChI is InChI=1S/C18H23N5O2/c1-4-5-6-11-25-17(24)15-13(3)19-18-20-21-22-23(18)16(15)14-9-7-12(2)8-10-14/h7-10,16H,4-6,11H2,1-3H3,(H,19,20,22)/t16-/m1/s1. The number of esters is 1. The van der Waals surface area contributed by atoms with E-state index in [0.717, 1.165) is 30.4 Å². The Balaban J connectivity index is 1.92. The second-order valence-electron chi connectivity index (χ2n) is 6.27. The number of unbranched alkanes of at least 4 members (excludes halogenated alkanes) is 2. The van der Waals surface area contributed by atoms with Gasteiger partial charge in [-0.1, -0.05) is 54.7 Å². The monoisotopic (exact) mass is 341 g/mol. The summed E-state index contributed by atoms with van der Waals surface area (Å²) in [6.07, 6.45) is 3.00. The molecule has 1 aliphatic rings. The van der Waals surface area contributed by atoms with Gasteiger partial charge in [0.1, 0.15) is 6.04 Å². The lowest BCUT2D eigenvalue weighted by Gasteiger charge is -2.27. The Bertz CT molecular complexity index is 779. The largest absolute Gasteiger partial charge is 0.462 e. The molecule has 1 aromatic carbocycles. The molecule has 0 bridgehead atoms. The van der Waals surface area contributed by atoms with Crippen LogP contribution < -0.4 is 5.32 Å². The Labute approximate surface area is 147 Å².